The Morgan fingerprint density at radius 1 is 1.33 bits per heavy atom. The number of nitrogens with zero attached hydrogens (tertiary/aromatic N) is 1. The summed E-state index contributed by atoms with van der Waals surface area (Å²) in [4.78, 5) is 1.21. The Morgan fingerprint density at radius 3 is 2.48 bits per heavy atom. The van der Waals surface area contributed by atoms with E-state index in [1.54, 1.807) is 6.07 Å². The Labute approximate surface area is 123 Å². The van der Waals surface area contributed by atoms with E-state index in [2.05, 4.69) is 0 Å². The smallest absolute Gasteiger partial charge is 0.395 e. The van der Waals surface area contributed by atoms with E-state index < -0.39 is 24.8 Å². The molecule has 0 saturated carbocycles. The van der Waals surface area contributed by atoms with E-state index in [4.69, 9.17) is 10.8 Å². The maximum atomic E-state index is 12.8. The lowest BCUT2D eigenvalue weighted by Gasteiger charge is -2.36. The molecule has 0 radical (unpaired) electrons. The van der Waals surface area contributed by atoms with Gasteiger partial charge in [0, 0.05) is 12.6 Å². The fourth-order valence-corrected chi connectivity index (χ4v) is 2.48. The van der Waals surface area contributed by atoms with E-state index in [0.717, 1.165) is 11.1 Å². The van der Waals surface area contributed by atoms with Crippen LogP contribution in [-0.4, -0.2) is 41.9 Å². The van der Waals surface area contributed by atoms with E-state index in [1.165, 1.54) is 4.90 Å². The van der Waals surface area contributed by atoms with Crippen LogP contribution in [-0.2, 0) is 0 Å². The van der Waals surface area contributed by atoms with Gasteiger partial charge in [-0.05, 0) is 18.9 Å². The van der Waals surface area contributed by atoms with E-state index >= 15 is 0 Å². The van der Waals surface area contributed by atoms with Crippen LogP contribution in [0.1, 0.15) is 30.5 Å². The van der Waals surface area contributed by atoms with E-state index in [0.29, 0.717) is 6.42 Å². The molecule has 2 atom stereocenters. The number of alkyl halides is 3. The SMILES string of the molecule is CCC(N)C(c1cccc(C)c1)N(CCO)CC(F)(F)F. The summed E-state index contributed by atoms with van der Waals surface area (Å²) in [7, 11) is 0. The second kappa shape index (κ2) is 7.77. The average molecular weight is 304 g/mol. The van der Waals surface area contributed by atoms with Gasteiger partial charge >= 0.3 is 6.18 Å². The third-order valence-electron chi connectivity index (χ3n) is 3.42. The summed E-state index contributed by atoms with van der Waals surface area (Å²) in [6, 6.07) is 6.34. The number of hydrogen-bond acceptors (Lipinski definition) is 3. The molecule has 0 aliphatic heterocycles. The number of aliphatic hydroxyl groups excluding tert-OH is 1. The molecule has 0 saturated heterocycles. The minimum atomic E-state index is -4.33. The van der Waals surface area contributed by atoms with Crippen LogP contribution in [0.4, 0.5) is 13.2 Å². The molecule has 21 heavy (non-hydrogen) atoms. The maximum Gasteiger partial charge on any atom is 0.401 e. The van der Waals surface area contributed by atoms with Crippen LogP contribution in [0.25, 0.3) is 0 Å². The molecule has 0 aromatic heterocycles. The average Bonchev–Trinajstić information content (AvgIpc) is 2.37. The fraction of sp³-hybridized carbons (Fsp3) is 0.600. The van der Waals surface area contributed by atoms with Crippen molar-refractivity contribution in [3.63, 3.8) is 0 Å². The summed E-state index contributed by atoms with van der Waals surface area (Å²) in [6.45, 7) is 2.25. The summed E-state index contributed by atoms with van der Waals surface area (Å²) in [6.07, 6.45) is -3.77. The largest absolute Gasteiger partial charge is 0.401 e. The summed E-state index contributed by atoms with van der Waals surface area (Å²) in [5, 5.41) is 9.09. The molecule has 0 amide bonds. The molecule has 2 unspecified atom stereocenters. The molecular formula is C15H23F3N2O. The Morgan fingerprint density at radius 2 is 2.00 bits per heavy atom. The minimum Gasteiger partial charge on any atom is -0.395 e. The van der Waals surface area contributed by atoms with Crippen molar-refractivity contribution in [3.05, 3.63) is 35.4 Å². The van der Waals surface area contributed by atoms with Gasteiger partial charge in [-0.25, -0.2) is 0 Å². The van der Waals surface area contributed by atoms with Crippen molar-refractivity contribution in [1.82, 2.24) is 4.90 Å². The first kappa shape index (κ1) is 17.9. The summed E-state index contributed by atoms with van der Waals surface area (Å²) >= 11 is 0. The van der Waals surface area contributed by atoms with Crippen LogP contribution in [0.2, 0.25) is 0 Å². The van der Waals surface area contributed by atoms with Gasteiger partial charge in [-0.15, -0.1) is 0 Å². The second-order valence-electron chi connectivity index (χ2n) is 5.24. The zero-order chi connectivity index (χ0) is 16.0. The molecule has 0 spiro atoms. The zero-order valence-electron chi connectivity index (χ0n) is 12.4. The topological polar surface area (TPSA) is 49.5 Å². The Bertz CT molecular complexity index is 437. The number of rotatable bonds is 7. The van der Waals surface area contributed by atoms with Crippen LogP contribution in [0, 0.1) is 6.92 Å². The third-order valence-corrected chi connectivity index (χ3v) is 3.42. The molecule has 0 aliphatic carbocycles. The van der Waals surface area contributed by atoms with Gasteiger partial charge < -0.3 is 10.8 Å². The molecule has 3 N–H and O–H groups in total. The van der Waals surface area contributed by atoms with Crippen LogP contribution >= 0.6 is 0 Å². The Kier molecular flexibility index (Phi) is 6.64. The Balaban J connectivity index is 3.13. The van der Waals surface area contributed by atoms with Crippen LogP contribution in [0.5, 0.6) is 0 Å². The van der Waals surface area contributed by atoms with Crippen molar-refractivity contribution in [2.24, 2.45) is 5.73 Å². The lowest BCUT2D eigenvalue weighted by Crippen LogP contribution is -2.46. The highest BCUT2D eigenvalue weighted by atomic mass is 19.4. The first-order valence-corrected chi connectivity index (χ1v) is 7.02. The fourth-order valence-electron chi connectivity index (χ4n) is 2.48. The predicted molar refractivity (Wildman–Crippen MR) is 76.9 cm³/mol. The van der Waals surface area contributed by atoms with Gasteiger partial charge in [-0.3, -0.25) is 4.90 Å². The molecule has 1 aromatic carbocycles. The molecule has 0 fully saturated rings. The molecule has 0 heterocycles. The Hall–Kier alpha value is -1.11. The first-order valence-electron chi connectivity index (χ1n) is 7.02. The van der Waals surface area contributed by atoms with E-state index in [-0.39, 0.29) is 13.2 Å². The monoisotopic (exact) mass is 304 g/mol. The molecule has 1 rings (SSSR count). The van der Waals surface area contributed by atoms with Crippen molar-refractivity contribution < 1.29 is 18.3 Å². The standard InChI is InChI=1S/C15H23F3N2O/c1-3-13(19)14(12-6-4-5-11(2)9-12)20(7-8-21)10-15(16,17)18/h4-6,9,13-14,21H,3,7-8,10,19H2,1-2H3. The number of halogens is 3. The molecule has 3 nitrogen and oxygen atoms in total. The second-order valence-corrected chi connectivity index (χ2v) is 5.24. The highest BCUT2D eigenvalue weighted by Crippen LogP contribution is 2.29. The number of benzene rings is 1. The van der Waals surface area contributed by atoms with Gasteiger partial charge in [0.1, 0.15) is 0 Å². The number of aliphatic hydroxyl groups is 1. The minimum absolute atomic E-state index is 0.0637. The molecule has 6 heteroatoms. The van der Waals surface area contributed by atoms with Gasteiger partial charge in [-0.2, -0.15) is 13.2 Å². The summed E-state index contributed by atoms with van der Waals surface area (Å²) < 4.78 is 38.4. The molecule has 120 valence electrons. The molecular weight excluding hydrogens is 281 g/mol. The van der Waals surface area contributed by atoms with E-state index in [1.807, 2.05) is 32.0 Å². The third kappa shape index (κ3) is 5.65. The summed E-state index contributed by atoms with van der Waals surface area (Å²) in [5.74, 6) is 0. The van der Waals surface area contributed by atoms with Crippen LogP contribution in [0.3, 0.4) is 0 Å². The van der Waals surface area contributed by atoms with Gasteiger partial charge in [-0.1, -0.05) is 36.8 Å². The number of aryl methyl sites for hydroxylation is 1. The molecule has 1 aromatic rings. The van der Waals surface area contributed by atoms with Crippen LogP contribution in [0.15, 0.2) is 24.3 Å². The van der Waals surface area contributed by atoms with Gasteiger partial charge in [0.25, 0.3) is 0 Å². The quantitative estimate of drug-likeness (QED) is 0.814. The normalized spacial score (nSPS) is 15.2. The van der Waals surface area contributed by atoms with Crippen LogP contribution < -0.4 is 5.73 Å². The van der Waals surface area contributed by atoms with Gasteiger partial charge in [0.2, 0.25) is 0 Å². The lowest BCUT2D eigenvalue weighted by atomic mass is 9.95. The number of hydrogen-bond donors (Lipinski definition) is 2. The molecule has 0 bridgehead atoms. The highest BCUT2D eigenvalue weighted by Gasteiger charge is 2.36. The van der Waals surface area contributed by atoms with E-state index in [9.17, 15) is 13.2 Å². The molecule has 0 aliphatic rings. The zero-order valence-corrected chi connectivity index (χ0v) is 12.4. The highest BCUT2D eigenvalue weighted by molar-refractivity contribution is 5.26. The van der Waals surface area contributed by atoms with Crippen molar-refractivity contribution in [2.45, 2.75) is 38.5 Å². The predicted octanol–water partition coefficient (Wildman–Crippen LogP) is 2.63. The number of nitrogens with two attached hydrogens (primary N) is 1. The van der Waals surface area contributed by atoms with Crippen molar-refractivity contribution in [1.29, 1.82) is 0 Å². The lowest BCUT2D eigenvalue weighted by molar-refractivity contribution is -0.153. The van der Waals surface area contributed by atoms with Gasteiger partial charge in [0.15, 0.2) is 0 Å². The summed E-state index contributed by atoms with van der Waals surface area (Å²) in [5.41, 5.74) is 7.78. The first-order chi connectivity index (χ1) is 9.78. The van der Waals surface area contributed by atoms with Crippen molar-refractivity contribution >= 4 is 0 Å². The van der Waals surface area contributed by atoms with Crippen molar-refractivity contribution in [3.8, 4) is 0 Å². The van der Waals surface area contributed by atoms with Gasteiger partial charge in [0.05, 0.1) is 19.2 Å². The maximum absolute atomic E-state index is 12.8. The van der Waals surface area contributed by atoms with Crippen molar-refractivity contribution in [2.75, 3.05) is 19.7 Å².